The average molecular weight is 225 g/mol. The summed E-state index contributed by atoms with van der Waals surface area (Å²) in [5, 5.41) is 0.558. The Morgan fingerprint density at radius 1 is 1.47 bits per heavy atom. The predicted octanol–water partition coefficient (Wildman–Crippen LogP) is 2.33. The maximum atomic E-state index is 11.8. The van der Waals surface area contributed by atoms with E-state index in [0.717, 1.165) is 18.7 Å². The first kappa shape index (κ1) is 10.3. The Morgan fingerprint density at radius 2 is 2.20 bits per heavy atom. The number of hydrogen-bond donors (Lipinski definition) is 1. The Bertz CT molecular complexity index is 417. The number of halogens is 1. The van der Waals surface area contributed by atoms with E-state index in [2.05, 4.69) is 0 Å². The van der Waals surface area contributed by atoms with Crippen LogP contribution >= 0.6 is 11.6 Å². The molecule has 1 aromatic carbocycles. The molecular weight excluding hydrogens is 212 g/mol. The molecule has 2 N–H and O–H groups in total. The summed E-state index contributed by atoms with van der Waals surface area (Å²) in [4.78, 5) is 13.8. The summed E-state index contributed by atoms with van der Waals surface area (Å²) in [6, 6.07) is 3.40. The van der Waals surface area contributed by atoms with Gasteiger partial charge in [0, 0.05) is 31.3 Å². The molecule has 15 heavy (non-hydrogen) atoms. The lowest BCUT2D eigenvalue weighted by molar-refractivity contribution is 0.0984. The molecule has 3 nitrogen and oxygen atoms in total. The van der Waals surface area contributed by atoms with Crippen molar-refractivity contribution in [3.05, 3.63) is 22.7 Å². The Balaban J connectivity index is 2.64. The van der Waals surface area contributed by atoms with Crippen molar-refractivity contribution in [3.8, 4) is 0 Å². The number of Topliss-reactive ketones (excluding diaryl/α,β-unsaturated/α-hetero) is 1. The van der Waals surface area contributed by atoms with Gasteiger partial charge in [-0.2, -0.15) is 0 Å². The van der Waals surface area contributed by atoms with Crippen molar-refractivity contribution < 1.29 is 4.79 Å². The van der Waals surface area contributed by atoms with E-state index >= 15 is 0 Å². The van der Waals surface area contributed by atoms with E-state index < -0.39 is 0 Å². The minimum Gasteiger partial charge on any atom is -0.399 e. The zero-order valence-corrected chi connectivity index (χ0v) is 9.34. The smallest absolute Gasteiger partial charge is 0.165 e. The summed E-state index contributed by atoms with van der Waals surface area (Å²) in [6.07, 6.45) is 1.43. The van der Waals surface area contributed by atoms with E-state index in [1.165, 1.54) is 0 Å². The molecule has 0 aromatic heterocycles. The van der Waals surface area contributed by atoms with Crippen LogP contribution in [0, 0.1) is 0 Å². The third-order valence-electron chi connectivity index (χ3n) is 2.67. The number of nitrogens with two attached hydrogens (primary N) is 1. The Morgan fingerprint density at radius 3 is 2.93 bits per heavy atom. The van der Waals surface area contributed by atoms with E-state index in [0.29, 0.717) is 22.7 Å². The number of nitrogen functional groups attached to an aromatic ring is 1. The van der Waals surface area contributed by atoms with Gasteiger partial charge < -0.3 is 10.6 Å². The molecule has 1 aliphatic heterocycles. The van der Waals surface area contributed by atoms with Crippen molar-refractivity contribution in [2.24, 2.45) is 0 Å². The van der Waals surface area contributed by atoms with Crippen molar-refractivity contribution >= 4 is 28.8 Å². The lowest BCUT2D eigenvalue weighted by Crippen LogP contribution is -2.18. The topological polar surface area (TPSA) is 46.3 Å². The van der Waals surface area contributed by atoms with Crippen molar-refractivity contribution in [2.75, 3.05) is 24.2 Å². The number of nitrogens with zero attached hydrogens (tertiary/aromatic N) is 1. The fraction of sp³-hybridized carbons (Fsp3) is 0.364. The summed E-state index contributed by atoms with van der Waals surface area (Å²) in [7, 11) is 1.94. The highest BCUT2D eigenvalue weighted by Crippen LogP contribution is 2.34. The van der Waals surface area contributed by atoms with E-state index in [1.807, 2.05) is 11.9 Å². The van der Waals surface area contributed by atoms with Gasteiger partial charge in [0.05, 0.1) is 10.7 Å². The van der Waals surface area contributed by atoms with Gasteiger partial charge in [-0.05, 0) is 18.6 Å². The molecule has 0 fully saturated rings. The van der Waals surface area contributed by atoms with Gasteiger partial charge in [-0.3, -0.25) is 4.79 Å². The molecule has 0 radical (unpaired) electrons. The van der Waals surface area contributed by atoms with Gasteiger partial charge in [0.15, 0.2) is 5.78 Å². The standard InChI is InChI=1S/C11H13ClN2O/c1-14-4-2-3-10(15)8-5-7(13)6-9(12)11(8)14/h5-6H,2-4,13H2,1H3. The second-order valence-corrected chi connectivity index (χ2v) is 4.25. The third kappa shape index (κ3) is 1.79. The number of hydrogen-bond acceptors (Lipinski definition) is 3. The SMILES string of the molecule is CN1CCCC(=O)c2cc(N)cc(Cl)c21. The second-order valence-electron chi connectivity index (χ2n) is 3.85. The zero-order chi connectivity index (χ0) is 11.0. The number of rotatable bonds is 0. The molecule has 0 amide bonds. The van der Waals surface area contributed by atoms with Crippen LogP contribution in [-0.2, 0) is 0 Å². The summed E-state index contributed by atoms with van der Waals surface area (Å²) in [6.45, 7) is 0.850. The predicted molar refractivity (Wildman–Crippen MR) is 62.7 cm³/mol. The van der Waals surface area contributed by atoms with Crippen LogP contribution in [0.5, 0.6) is 0 Å². The zero-order valence-electron chi connectivity index (χ0n) is 8.59. The molecule has 0 unspecified atom stereocenters. The lowest BCUT2D eigenvalue weighted by atomic mass is 10.1. The molecule has 0 bridgehead atoms. The maximum absolute atomic E-state index is 11.8. The van der Waals surface area contributed by atoms with Crippen LogP contribution in [0.25, 0.3) is 0 Å². The van der Waals surface area contributed by atoms with Crippen molar-refractivity contribution in [3.63, 3.8) is 0 Å². The first-order valence-corrected chi connectivity index (χ1v) is 5.31. The van der Waals surface area contributed by atoms with Crippen molar-refractivity contribution in [1.29, 1.82) is 0 Å². The van der Waals surface area contributed by atoms with Gasteiger partial charge in [-0.25, -0.2) is 0 Å². The average Bonchev–Trinajstić information content (AvgIpc) is 2.27. The molecule has 1 aromatic rings. The third-order valence-corrected chi connectivity index (χ3v) is 2.95. The summed E-state index contributed by atoms with van der Waals surface area (Å²) in [5.74, 6) is 0.128. The Labute approximate surface area is 93.8 Å². The van der Waals surface area contributed by atoms with E-state index in [1.54, 1.807) is 12.1 Å². The summed E-state index contributed by atoms with van der Waals surface area (Å²) < 4.78 is 0. The van der Waals surface area contributed by atoms with Gasteiger partial charge in [0.25, 0.3) is 0 Å². The number of fused-ring (bicyclic) bond motifs is 1. The molecule has 0 atom stereocenters. The first-order valence-electron chi connectivity index (χ1n) is 4.93. The number of ketones is 1. The normalized spacial score (nSPS) is 16.1. The minimum absolute atomic E-state index is 0.128. The van der Waals surface area contributed by atoms with Crippen LogP contribution in [0.3, 0.4) is 0 Å². The van der Waals surface area contributed by atoms with E-state index in [-0.39, 0.29) is 5.78 Å². The van der Waals surface area contributed by atoms with Gasteiger partial charge in [0.2, 0.25) is 0 Å². The molecule has 0 saturated heterocycles. The van der Waals surface area contributed by atoms with Crippen LogP contribution in [-0.4, -0.2) is 19.4 Å². The van der Waals surface area contributed by atoms with Crippen LogP contribution < -0.4 is 10.6 Å². The van der Waals surface area contributed by atoms with Gasteiger partial charge in [-0.15, -0.1) is 0 Å². The van der Waals surface area contributed by atoms with Crippen LogP contribution in [0.1, 0.15) is 23.2 Å². The Kier molecular flexibility index (Phi) is 2.57. The number of carbonyl (C=O) groups excluding carboxylic acids is 1. The maximum Gasteiger partial charge on any atom is 0.165 e. The molecule has 4 heteroatoms. The molecule has 1 heterocycles. The monoisotopic (exact) mass is 224 g/mol. The molecule has 0 spiro atoms. The fourth-order valence-corrected chi connectivity index (χ4v) is 2.32. The lowest BCUT2D eigenvalue weighted by Gasteiger charge is -2.20. The first-order chi connectivity index (χ1) is 7.09. The number of carbonyl (C=O) groups is 1. The molecule has 0 saturated carbocycles. The van der Waals surface area contributed by atoms with Gasteiger partial charge >= 0.3 is 0 Å². The van der Waals surface area contributed by atoms with Gasteiger partial charge in [-0.1, -0.05) is 11.6 Å². The highest BCUT2D eigenvalue weighted by Gasteiger charge is 2.21. The largest absolute Gasteiger partial charge is 0.399 e. The Hall–Kier alpha value is -1.22. The van der Waals surface area contributed by atoms with Crippen molar-refractivity contribution in [1.82, 2.24) is 0 Å². The van der Waals surface area contributed by atoms with Crippen LogP contribution in [0.2, 0.25) is 5.02 Å². The van der Waals surface area contributed by atoms with E-state index in [9.17, 15) is 4.79 Å². The molecule has 2 rings (SSSR count). The number of benzene rings is 1. The molecule has 1 aliphatic rings. The number of anilines is 2. The molecule has 80 valence electrons. The fourth-order valence-electron chi connectivity index (χ4n) is 1.94. The molecular formula is C11H13ClN2O. The van der Waals surface area contributed by atoms with Crippen LogP contribution in [0.15, 0.2) is 12.1 Å². The van der Waals surface area contributed by atoms with E-state index in [4.69, 9.17) is 17.3 Å². The highest BCUT2D eigenvalue weighted by molar-refractivity contribution is 6.34. The van der Waals surface area contributed by atoms with Crippen molar-refractivity contribution in [2.45, 2.75) is 12.8 Å². The molecule has 0 aliphatic carbocycles. The van der Waals surface area contributed by atoms with Crippen LogP contribution in [0.4, 0.5) is 11.4 Å². The van der Waals surface area contributed by atoms with Gasteiger partial charge in [0.1, 0.15) is 0 Å². The summed E-state index contributed by atoms with van der Waals surface area (Å²) in [5.41, 5.74) is 7.70. The highest BCUT2D eigenvalue weighted by atomic mass is 35.5. The minimum atomic E-state index is 0.128. The second kappa shape index (κ2) is 3.74. The quantitative estimate of drug-likeness (QED) is 0.688. The summed E-state index contributed by atoms with van der Waals surface area (Å²) >= 11 is 6.11.